The van der Waals surface area contributed by atoms with Crippen molar-refractivity contribution in [1.82, 2.24) is 9.55 Å². The number of aryl methyl sites for hydroxylation is 1. The molecule has 0 spiro atoms. The Kier molecular flexibility index (Phi) is 1.60. The number of fused-ring (bicyclic) bond motifs is 1. The lowest BCUT2D eigenvalue weighted by Gasteiger charge is -2.10. The summed E-state index contributed by atoms with van der Waals surface area (Å²) in [5.41, 5.74) is 1.56. The summed E-state index contributed by atoms with van der Waals surface area (Å²) in [5.74, 6) is 0.153. The number of hydrogen-bond acceptors (Lipinski definition) is 1. The summed E-state index contributed by atoms with van der Waals surface area (Å²) >= 11 is 3.39. The molecule has 2 rings (SSSR count). The number of halogens is 1. The van der Waals surface area contributed by atoms with Crippen molar-refractivity contribution in [2.75, 3.05) is 0 Å². The molecule has 0 saturated carbocycles. The van der Waals surface area contributed by atoms with Crippen LogP contribution in [-0.2, 0) is 0 Å². The van der Waals surface area contributed by atoms with E-state index in [1.165, 1.54) is 0 Å². The third kappa shape index (κ3) is 1.46. The van der Waals surface area contributed by atoms with Gasteiger partial charge in [-0.1, -0.05) is 15.9 Å². The van der Waals surface area contributed by atoms with Crippen molar-refractivity contribution in [3.05, 3.63) is 28.5 Å². The van der Waals surface area contributed by atoms with Crippen molar-refractivity contribution in [3.63, 3.8) is 0 Å². The Morgan fingerprint density at radius 3 is 2.93 bits per heavy atom. The molecule has 3 heteroatoms. The SMILES string of the molecule is [2H]C([2H])([2H])c1nc2ccc(Br)cc2n1C(C)C. The van der Waals surface area contributed by atoms with E-state index < -0.39 is 6.85 Å². The van der Waals surface area contributed by atoms with Crippen molar-refractivity contribution in [1.29, 1.82) is 0 Å². The zero-order chi connectivity index (χ0) is 12.8. The number of nitrogens with zero attached hydrogens (tertiary/aromatic N) is 2. The number of aromatic nitrogens is 2. The number of benzene rings is 1. The molecule has 1 aromatic heterocycles. The van der Waals surface area contributed by atoms with Crippen molar-refractivity contribution in [2.24, 2.45) is 0 Å². The number of imidazole rings is 1. The average Bonchev–Trinajstić information content (AvgIpc) is 2.55. The summed E-state index contributed by atoms with van der Waals surface area (Å²) in [6.07, 6.45) is 0. The van der Waals surface area contributed by atoms with Gasteiger partial charge in [-0.15, -0.1) is 0 Å². The molecule has 0 saturated heterocycles. The largest absolute Gasteiger partial charge is 0.326 e. The highest BCUT2D eigenvalue weighted by atomic mass is 79.9. The maximum absolute atomic E-state index is 7.53. The van der Waals surface area contributed by atoms with Gasteiger partial charge in [0.2, 0.25) is 0 Å². The molecule has 0 aliphatic heterocycles. The lowest BCUT2D eigenvalue weighted by Crippen LogP contribution is -2.02. The van der Waals surface area contributed by atoms with E-state index in [0.29, 0.717) is 5.52 Å². The van der Waals surface area contributed by atoms with Crippen LogP contribution in [0.1, 0.15) is 29.8 Å². The first-order chi connectivity index (χ1) is 7.80. The molecule has 0 radical (unpaired) electrons. The first-order valence-corrected chi connectivity index (χ1v) is 5.28. The van der Waals surface area contributed by atoms with E-state index >= 15 is 0 Å². The standard InChI is InChI=1S/C11H13BrN2/c1-7(2)14-8(3)13-10-5-4-9(12)6-11(10)14/h4-7H,1-3H3/i3D3. The minimum absolute atomic E-state index is 0.0599. The van der Waals surface area contributed by atoms with Gasteiger partial charge >= 0.3 is 0 Å². The second-order valence-electron chi connectivity index (χ2n) is 3.53. The molecule has 0 amide bonds. The molecule has 0 aliphatic carbocycles. The van der Waals surface area contributed by atoms with Crippen LogP contribution in [0.3, 0.4) is 0 Å². The summed E-state index contributed by atoms with van der Waals surface area (Å²) in [6.45, 7) is 1.73. The summed E-state index contributed by atoms with van der Waals surface area (Å²) < 4.78 is 25.3. The average molecular weight is 256 g/mol. The highest BCUT2D eigenvalue weighted by Gasteiger charge is 2.09. The van der Waals surface area contributed by atoms with Crippen LogP contribution in [0.2, 0.25) is 0 Å². The van der Waals surface area contributed by atoms with Gasteiger partial charge in [-0.3, -0.25) is 0 Å². The van der Waals surface area contributed by atoms with Crippen LogP contribution in [0.15, 0.2) is 22.7 Å². The molecule has 0 aliphatic rings. The minimum atomic E-state index is -2.18. The molecule has 0 bridgehead atoms. The Balaban J connectivity index is 2.81. The van der Waals surface area contributed by atoms with Crippen LogP contribution in [0, 0.1) is 6.85 Å². The van der Waals surface area contributed by atoms with E-state index in [9.17, 15) is 0 Å². The maximum atomic E-state index is 7.53. The van der Waals surface area contributed by atoms with Gasteiger partial charge < -0.3 is 4.57 Å². The van der Waals surface area contributed by atoms with Gasteiger partial charge in [-0.05, 0) is 38.9 Å². The summed E-state index contributed by atoms with van der Waals surface area (Å²) in [5, 5.41) is 0. The fourth-order valence-corrected chi connectivity index (χ4v) is 1.94. The van der Waals surface area contributed by atoms with Crippen LogP contribution < -0.4 is 0 Å². The lowest BCUT2D eigenvalue weighted by molar-refractivity contribution is 0.600. The Hall–Kier alpha value is -0.830. The smallest absolute Gasteiger partial charge is 0.106 e. The van der Waals surface area contributed by atoms with E-state index in [4.69, 9.17) is 4.11 Å². The Labute approximate surface area is 96.3 Å². The highest BCUT2D eigenvalue weighted by molar-refractivity contribution is 9.10. The predicted molar refractivity (Wildman–Crippen MR) is 62.6 cm³/mol. The predicted octanol–water partition coefficient (Wildman–Crippen LogP) is 3.69. The fourth-order valence-electron chi connectivity index (χ4n) is 1.59. The fraction of sp³-hybridized carbons (Fsp3) is 0.364. The van der Waals surface area contributed by atoms with Crippen molar-refractivity contribution in [2.45, 2.75) is 26.7 Å². The van der Waals surface area contributed by atoms with Gasteiger partial charge in [0.05, 0.1) is 11.0 Å². The molecule has 1 heterocycles. The molecule has 0 fully saturated rings. The quantitative estimate of drug-likeness (QED) is 0.760. The first-order valence-electron chi connectivity index (χ1n) is 5.98. The summed E-state index contributed by atoms with van der Waals surface area (Å²) in [4.78, 5) is 4.23. The maximum Gasteiger partial charge on any atom is 0.106 e. The van der Waals surface area contributed by atoms with Crippen molar-refractivity contribution in [3.8, 4) is 0 Å². The van der Waals surface area contributed by atoms with E-state index in [1.54, 1.807) is 4.57 Å². The summed E-state index contributed by atoms with van der Waals surface area (Å²) in [7, 11) is 0. The van der Waals surface area contributed by atoms with Crippen LogP contribution >= 0.6 is 15.9 Å². The molecule has 0 unspecified atom stereocenters. The number of rotatable bonds is 1. The number of hydrogen-bond donors (Lipinski definition) is 0. The van der Waals surface area contributed by atoms with Crippen molar-refractivity contribution >= 4 is 27.0 Å². The highest BCUT2D eigenvalue weighted by Crippen LogP contribution is 2.23. The monoisotopic (exact) mass is 255 g/mol. The van der Waals surface area contributed by atoms with Gasteiger partial charge in [0.15, 0.2) is 0 Å². The molecular formula is C11H13BrN2. The van der Waals surface area contributed by atoms with Crippen LogP contribution in [-0.4, -0.2) is 9.55 Å². The van der Waals surface area contributed by atoms with E-state index in [-0.39, 0.29) is 11.9 Å². The Bertz CT molecular complexity index is 558. The normalized spacial score (nSPS) is 15.6. The van der Waals surface area contributed by atoms with Gasteiger partial charge in [0.25, 0.3) is 0 Å². The third-order valence-electron chi connectivity index (χ3n) is 2.17. The Morgan fingerprint density at radius 1 is 1.50 bits per heavy atom. The molecule has 2 aromatic rings. The molecule has 0 N–H and O–H groups in total. The van der Waals surface area contributed by atoms with Crippen LogP contribution in [0.4, 0.5) is 0 Å². The second kappa shape index (κ2) is 3.39. The molecular weight excluding hydrogens is 240 g/mol. The zero-order valence-corrected chi connectivity index (χ0v) is 9.67. The van der Waals surface area contributed by atoms with Gasteiger partial charge in [-0.2, -0.15) is 0 Å². The van der Waals surface area contributed by atoms with Gasteiger partial charge in [0.1, 0.15) is 5.82 Å². The lowest BCUT2D eigenvalue weighted by atomic mass is 10.3. The molecule has 1 aromatic carbocycles. The second-order valence-corrected chi connectivity index (χ2v) is 4.45. The van der Waals surface area contributed by atoms with Gasteiger partial charge in [0, 0.05) is 14.6 Å². The molecule has 74 valence electrons. The summed E-state index contributed by atoms with van der Waals surface area (Å²) in [6, 6.07) is 5.65. The first kappa shape index (κ1) is 6.62. The molecule has 14 heavy (non-hydrogen) atoms. The zero-order valence-electron chi connectivity index (χ0n) is 11.1. The molecule has 2 nitrogen and oxygen atoms in total. The van der Waals surface area contributed by atoms with E-state index in [1.807, 2.05) is 32.0 Å². The molecule has 0 atom stereocenters. The van der Waals surface area contributed by atoms with E-state index in [0.717, 1.165) is 9.99 Å². The topological polar surface area (TPSA) is 17.8 Å². The van der Waals surface area contributed by atoms with Crippen LogP contribution in [0.25, 0.3) is 11.0 Å². The van der Waals surface area contributed by atoms with Crippen molar-refractivity contribution < 1.29 is 4.11 Å². The van der Waals surface area contributed by atoms with E-state index in [2.05, 4.69) is 20.9 Å². The van der Waals surface area contributed by atoms with Crippen LogP contribution in [0.5, 0.6) is 0 Å². The third-order valence-corrected chi connectivity index (χ3v) is 2.66. The van der Waals surface area contributed by atoms with Gasteiger partial charge in [-0.25, -0.2) is 4.98 Å². The minimum Gasteiger partial charge on any atom is -0.326 e. The Morgan fingerprint density at radius 2 is 2.29 bits per heavy atom.